The van der Waals surface area contributed by atoms with Crippen molar-refractivity contribution in [2.45, 2.75) is 6.92 Å². The minimum absolute atomic E-state index is 0.187. The maximum Gasteiger partial charge on any atom is 0.259 e. The van der Waals surface area contributed by atoms with Crippen LogP contribution in [-0.4, -0.2) is 28.1 Å². The molecule has 2 amide bonds. The van der Waals surface area contributed by atoms with E-state index in [9.17, 15) is 9.59 Å². The first-order chi connectivity index (χ1) is 13.1. The van der Waals surface area contributed by atoms with Crippen molar-refractivity contribution in [2.75, 3.05) is 11.9 Å². The molecule has 2 aromatic carbocycles. The molecule has 0 saturated heterocycles. The van der Waals surface area contributed by atoms with E-state index < -0.39 is 0 Å². The molecule has 136 valence electrons. The lowest BCUT2D eigenvalue weighted by Gasteiger charge is -2.06. The topological polar surface area (TPSA) is 76.0 Å². The summed E-state index contributed by atoms with van der Waals surface area (Å²) in [6, 6.07) is 16.3. The van der Waals surface area contributed by atoms with E-state index in [1.165, 1.54) is 0 Å². The van der Waals surface area contributed by atoms with Crippen LogP contribution in [0.4, 0.5) is 5.69 Å². The molecule has 6 nitrogen and oxygen atoms in total. The van der Waals surface area contributed by atoms with Crippen molar-refractivity contribution in [1.29, 1.82) is 0 Å². The molecule has 3 rings (SSSR count). The van der Waals surface area contributed by atoms with Gasteiger partial charge in [-0.05, 0) is 43.3 Å². The largest absolute Gasteiger partial charge is 0.349 e. The van der Waals surface area contributed by atoms with Gasteiger partial charge in [0, 0.05) is 24.0 Å². The molecule has 0 unspecified atom stereocenters. The van der Waals surface area contributed by atoms with E-state index in [-0.39, 0.29) is 11.8 Å². The number of anilines is 1. The third kappa shape index (κ3) is 4.30. The first-order valence-corrected chi connectivity index (χ1v) is 8.50. The predicted octanol–water partition coefficient (Wildman–Crippen LogP) is 3.35. The molecule has 0 saturated carbocycles. The summed E-state index contributed by atoms with van der Waals surface area (Å²) >= 11 is 0. The van der Waals surface area contributed by atoms with Crippen LogP contribution in [0.3, 0.4) is 0 Å². The van der Waals surface area contributed by atoms with Gasteiger partial charge in [-0.1, -0.05) is 24.3 Å². The van der Waals surface area contributed by atoms with Crippen LogP contribution in [0.2, 0.25) is 0 Å². The van der Waals surface area contributed by atoms with Crippen molar-refractivity contribution in [3.05, 3.63) is 90.3 Å². The maximum absolute atomic E-state index is 12.6. The Bertz CT molecular complexity index is 960. The van der Waals surface area contributed by atoms with Gasteiger partial charge in [-0.25, -0.2) is 4.68 Å². The van der Waals surface area contributed by atoms with Crippen molar-refractivity contribution in [1.82, 2.24) is 15.1 Å². The first-order valence-electron chi connectivity index (χ1n) is 8.50. The number of hydrogen-bond donors (Lipinski definition) is 2. The number of aromatic nitrogens is 2. The number of carbonyl (C=O) groups is 2. The summed E-state index contributed by atoms with van der Waals surface area (Å²) < 4.78 is 1.68. The number of nitrogens with one attached hydrogen (secondary N) is 2. The molecule has 0 spiro atoms. The smallest absolute Gasteiger partial charge is 0.259 e. The number of amides is 2. The minimum atomic E-state index is -0.251. The van der Waals surface area contributed by atoms with Crippen molar-refractivity contribution in [3.63, 3.8) is 0 Å². The lowest BCUT2D eigenvalue weighted by atomic mass is 10.2. The molecule has 0 aliphatic heterocycles. The summed E-state index contributed by atoms with van der Waals surface area (Å²) in [6.45, 7) is 5.76. The number of aryl methyl sites for hydroxylation is 1. The van der Waals surface area contributed by atoms with Gasteiger partial charge in [0.25, 0.3) is 11.8 Å². The quantitative estimate of drug-likeness (QED) is 0.662. The Morgan fingerprint density at radius 1 is 1.07 bits per heavy atom. The summed E-state index contributed by atoms with van der Waals surface area (Å²) in [6.07, 6.45) is 3.32. The Balaban J connectivity index is 1.71. The van der Waals surface area contributed by atoms with Gasteiger partial charge in [0.1, 0.15) is 0 Å². The summed E-state index contributed by atoms with van der Waals surface area (Å²) in [5.41, 5.74) is 3.13. The van der Waals surface area contributed by atoms with Crippen LogP contribution in [0.1, 0.15) is 26.4 Å². The van der Waals surface area contributed by atoms with Gasteiger partial charge in [0.15, 0.2) is 0 Å². The van der Waals surface area contributed by atoms with Gasteiger partial charge in [0.2, 0.25) is 0 Å². The zero-order valence-electron chi connectivity index (χ0n) is 15.0. The molecule has 0 radical (unpaired) electrons. The van der Waals surface area contributed by atoms with Gasteiger partial charge in [-0.3, -0.25) is 9.59 Å². The molecule has 2 N–H and O–H groups in total. The Hall–Kier alpha value is -3.67. The van der Waals surface area contributed by atoms with Crippen LogP contribution in [0.5, 0.6) is 0 Å². The number of nitrogens with zero attached hydrogens (tertiary/aromatic N) is 2. The highest BCUT2D eigenvalue weighted by molar-refractivity contribution is 6.05. The van der Waals surface area contributed by atoms with E-state index in [2.05, 4.69) is 22.3 Å². The lowest BCUT2D eigenvalue weighted by molar-refractivity contribution is 0.0957. The Morgan fingerprint density at radius 2 is 1.78 bits per heavy atom. The van der Waals surface area contributed by atoms with Gasteiger partial charge in [0.05, 0.1) is 16.9 Å². The summed E-state index contributed by atoms with van der Waals surface area (Å²) in [4.78, 5) is 24.5. The number of benzene rings is 2. The number of hydrogen-bond acceptors (Lipinski definition) is 3. The Labute approximate surface area is 157 Å². The fraction of sp³-hybridized carbons (Fsp3) is 0.0952. The summed E-state index contributed by atoms with van der Waals surface area (Å²) in [5, 5.41) is 9.94. The molecule has 6 heteroatoms. The van der Waals surface area contributed by atoms with Crippen LogP contribution in [0.15, 0.2) is 73.4 Å². The van der Waals surface area contributed by atoms with E-state index in [0.717, 1.165) is 5.69 Å². The van der Waals surface area contributed by atoms with Crippen LogP contribution >= 0.6 is 0 Å². The molecule has 0 bridgehead atoms. The van der Waals surface area contributed by atoms with E-state index in [1.54, 1.807) is 48.1 Å². The minimum Gasteiger partial charge on any atom is -0.349 e. The van der Waals surface area contributed by atoms with Gasteiger partial charge in [-0.15, -0.1) is 6.58 Å². The molecule has 0 aliphatic rings. The average molecular weight is 360 g/mol. The van der Waals surface area contributed by atoms with Gasteiger partial charge in [-0.2, -0.15) is 5.10 Å². The standard InChI is InChI=1S/C21H20N4O2/c1-3-13-22-20(26)16-9-11-17(12-10-16)23-21(27)19-14-25(24-15(19)2)18-7-5-4-6-8-18/h3-12,14H,1,13H2,2H3,(H,22,26)(H,23,27). The third-order valence-corrected chi connectivity index (χ3v) is 3.98. The lowest BCUT2D eigenvalue weighted by Crippen LogP contribution is -2.23. The Kier molecular flexibility index (Phi) is 5.47. The van der Waals surface area contributed by atoms with Crippen LogP contribution in [0.25, 0.3) is 5.69 Å². The van der Waals surface area contributed by atoms with E-state index in [1.807, 2.05) is 30.3 Å². The fourth-order valence-corrected chi connectivity index (χ4v) is 2.57. The molecule has 0 atom stereocenters. The monoisotopic (exact) mass is 360 g/mol. The molecule has 0 aliphatic carbocycles. The normalized spacial score (nSPS) is 10.3. The number of para-hydroxylation sites is 1. The zero-order valence-corrected chi connectivity index (χ0v) is 15.0. The third-order valence-electron chi connectivity index (χ3n) is 3.98. The molecule has 3 aromatic rings. The predicted molar refractivity (Wildman–Crippen MR) is 105 cm³/mol. The molecular weight excluding hydrogens is 340 g/mol. The van der Waals surface area contributed by atoms with Crippen LogP contribution < -0.4 is 10.6 Å². The van der Waals surface area contributed by atoms with E-state index in [0.29, 0.717) is 29.1 Å². The van der Waals surface area contributed by atoms with Gasteiger partial charge < -0.3 is 10.6 Å². The van der Waals surface area contributed by atoms with Crippen molar-refractivity contribution >= 4 is 17.5 Å². The van der Waals surface area contributed by atoms with Crippen LogP contribution in [0, 0.1) is 6.92 Å². The highest BCUT2D eigenvalue weighted by Gasteiger charge is 2.14. The molecule has 1 aromatic heterocycles. The second-order valence-electron chi connectivity index (χ2n) is 5.94. The average Bonchev–Trinajstić information content (AvgIpc) is 3.09. The second-order valence-corrected chi connectivity index (χ2v) is 5.94. The van der Waals surface area contributed by atoms with Crippen LogP contribution in [-0.2, 0) is 0 Å². The van der Waals surface area contributed by atoms with E-state index in [4.69, 9.17) is 0 Å². The highest BCUT2D eigenvalue weighted by Crippen LogP contribution is 2.15. The molecule has 0 fully saturated rings. The summed E-state index contributed by atoms with van der Waals surface area (Å²) in [5.74, 6) is -0.439. The van der Waals surface area contributed by atoms with Crippen molar-refractivity contribution in [2.24, 2.45) is 0 Å². The van der Waals surface area contributed by atoms with Crippen molar-refractivity contribution < 1.29 is 9.59 Å². The first kappa shape index (κ1) is 18.1. The number of rotatable bonds is 6. The summed E-state index contributed by atoms with van der Waals surface area (Å²) in [7, 11) is 0. The van der Waals surface area contributed by atoms with Crippen molar-refractivity contribution in [3.8, 4) is 5.69 Å². The van der Waals surface area contributed by atoms with Gasteiger partial charge >= 0.3 is 0 Å². The maximum atomic E-state index is 12.6. The van der Waals surface area contributed by atoms with E-state index >= 15 is 0 Å². The molecular formula is C21H20N4O2. The second kappa shape index (κ2) is 8.14. The molecule has 27 heavy (non-hydrogen) atoms. The fourth-order valence-electron chi connectivity index (χ4n) is 2.57. The number of carbonyl (C=O) groups excluding carboxylic acids is 2. The Morgan fingerprint density at radius 3 is 2.44 bits per heavy atom. The molecule has 1 heterocycles. The SMILES string of the molecule is C=CCNC(=O)c1ccc(NC(=O)c2cn(-c3ccccc3)nc2C)cc1. The zero-order chi connectivity index (χ0) is 19.2. The highest BCUT2D eigenvalue weighted by atomic mass is 16.2.